The maximum Gasteiger partial charge on any atom is 0 e. The van der Waals surface area contributed by atoms with Gasteiger partial charge in [-0.2, -0.15) is 0 Å². The first-order valence-corrected chi connectivity index (χ1v) is 0. The fraction of sp³-hybridized carbons (Fsp3) is 0. The summed E-state index contributed by atoms with van der Waals surface area (Å²) in [5.74, 6) is 0. The smallest absolute Gasteiger partial charge is 0 e. The molecule has 5 heteroatoms. The monoisotopic (exact) mass is 520 g/mol. The summed E-state index contributed by atoms with van der Waals surface area (Å²) in [5, 5.41) is 0. The third-order valence-electron chi connectivity index (χ3n) is 0. The van der Waals surface area contributed by atoms with Gasteiger partial charge < -0.3 is 0 Å². The Bertz CT molecular complexity index is 11.6. The average molecular weight is 517 g/mol. The van der Waals surface area contributed by atoms with Crippen molar-refractivity contribution in [1.82, 2.24) is 0 Å². The molecule has 0 aromatic carbocycles. The zero-order chi connectivity index (χ0) is 0. The molecule has 0 heterocycles. The summed E-state index contributed by atoms with van der Waals surface area (Å²) in [6, 6.07) is 0. The van der Waals surface area contributed by atoms with Gasteiger partial charge in [0.1, 0.15) is 0 Å². The van der Waals surface area contributed by atoms with Crippen LogP contribution in [0.1, 0.15) is 0 Å². The van der Waals surface area contributed by atoms with E-state index in [4.69, 9.17) is 0 Å². The van der Waals surface area contributed by atoms with Gasteiger partial charge in [0.25, 0.3) is 0 Å². The average Bonchev–Trinajstić information content (AvgIpc) is 0. The minimum Gasteiger partial charge on any atom is 0 e. The second kappa shape index (κ2) is 26.6. The molecule has 0 atom stereocenters. The van der Waals surface area contributed by atoms with Gasteiger partial charge >= 0.3 is 23.9 Å². The summed E-state index contributed by atoms with van der Waals surface area (Å²) in [6.07, 6.45) is 0. The van der Waals surface area contributed by atoms with E-state index in [1.807, 2.05) is 0 Å². The SMILES string of the molecule is [Ir].[Mn].[Ru].[SnH2].[Ti]. The number of hydrogen-bond acceptors (Lipinski definition) is 0. The zero-order valence-corrected chi connectivity index (χ0v) is 13.2. The molecule has 0 aromatic heterocycles. The molecule has 5 heavy (non-hydrogen) atoms. The molecule has 4 radical (unpaired) electrons. The van der Waals surface area contributed by atoms with E-state index >= 15 is 0 Å². The molecule has 0 N–H and O–H groups in total. The van der Waals surface area contributed by atoms with Gasteiger partial charge in [-0.15, -0.1) is 0 Å². The molecule has 0 saturated carbocycles. The molecular weight excluding hydrogens is 515 g/mol. The van der Waals surface area contributed by atoms with Crippen molar-refractivity contribution in [1.29, 1.82) is 0 Å². The maximum atomic E-state index is 0. The third-order valence-corrected chi connectivity index (χ3v) is 0. The molecular formula is H2IrMnRuSnTi. The van der Waals surface area contributed by atoms with E-state index in [0.717, 1.165) is 0 Å². The summed E-state index contributed by atoms with van der Waals surface area (Å²) in [7, 11) is 0. The maximum absolute atomic E-state index is 0. The molecule has 0 aliphatic rings. The first-order valence-electron chi connectivity index (χ1n) is 0. The molecule has 0 rings (SSSR count). The van der Waals surface area contributed by atoms with Gasteiger partial charge in [-0.05, 0) is 0 Å². The normalized spacial score (nSPS) is 0. The quantitative estimate of drug-likeness (QED) is 0.365. The summed E-state index contributed by atoms with van der Waals surface area (Å²) in [5.41, 5.74) is 0. The van der Waals surface area contributed by atoms with Crippen LogP contribution in [0, 0.1) is 0 Å². The predicted molar refractivity (Wildman–Crippen MR) is 8.54 cm³/mol. The van der Waals surface area contributed by atoms with Crippen LogP contribution in [0.15, 0.2) is 0 Å². The topological polar surface area (TPSA) is 0 Å². The number of hydrogen-bond donors (Lipinski definition) is 0. The Balaban J connectivity index is 0. The van der Waals surface area contributed by atoms with E-state index in [0.29, 0.717) is 0 Å². The fourth-order valence-electron chi connectivity index (χ4n) is 0. The molecule has 34 valence electrons. The van der Waals surface area contributed by atoms with Crippen LogP contribution >= 0.6 is 0 Å². The van der Waals surface area contributed by atoms with Crippen LogP contribution in [0.2, 0.25) is 0 Å². The molecule has 0 saturated heterocycles. The second-order valence-corrected chi connectivity index (χ2v) is 0. The van der Waals surface area contributed by atoms with Crippen molar-refractivity contribution in [3.63, 3.8) is 0 Å². The van der Waals surface area contributed by atoms with Crippen LogP contribution in [0.25, 0.3) is 0 Å². The van der Waals surface area contributed by atoms with E-state index in [-0.39, 0.29) is 102 Å². The Kier molecular flexibility index (Phi) is 216. The van der Waals surface area contributed by atoms with Gasteiger partial charge in [0.05, 0.1) is 0 Å². The Hall–Kier alpha value is 3.31. The van der Waals surface area contributed by atoms with Gasteiger partial charge in [-0.3, -0.25) is 0 Å². The van der Waals surface area contributed by atoms with Crippen LogP contribution in [-0.4, -0.2) is 23.9 Å². The largest absolute Gasteiger partial charge is 0 e. The predicted octanol–water partition coefficient (Wildman–Crippen LogP) is -0.926. The van der Waals surface area contributed by atoms with Gasteiger partial charge in [-0.25, -0.2) is 0 Å². The molecule has 0 bridgehead atoms. The van der Waals surface area contributed by atoms with Gasteiger partial charge in [-0.1, -0.05) is 0 Å². The van der Waals surface area contributed by atoms with Crippen molar-refractivity contribution in [2.24, 2.45) is 0 Å². The molecule has 0 fully saturated rings. The molecule has 0 amide bonds. The third kappa shape index (κ3) is 18.8. The van der Waals surface area contributed by atoms with Crippen molar-refractivity contribution in [2.75, 3.05) is 0 Å². The van der Waals surface area contributed by atoms with Crippen LogP contribution in [0.5, 0.6) is 0 Å². The van der Waals surface area contributed by atoms with Crippen LogP contribution in [0.3, 0.4) is 0 Å². The van der Waals surface area contributed by atoms with E-state index in [1.54, 1.807) is 0 Å². The van der Waals surface area contributed by atoms with Crippen LogP contribution in [-0.2, 0) is 78.4 Å². The van der Waals surface area contributed by atoms with E-state index in [2.05, 4.69) is 0 Å². The molecule has 0 aliphatic carbocycles. The molecule has 0 aliphatic heterocycles. The van der Waals surface area contributed by atoms with Crippen LogP contribution in [0.4, 0.5) is 0 Å². The van der Waals surface area contributed by atoms with Gasteiger partial charge in [0.15, 0.2) is 0 Å². The minimum absolute atomic E-state index is 0. The summed E-state index contributed by atoms with van der Waals surface area (Å²) in [4.78, 5) is 0. The van der Waals surface area contributed by atoms with Gasteiger partial charge in [0, 0.05) is 78.4 Å². The summed E-state index contributed by atoms with van der Waals surface area (Å²) in [6.45, 7) is 0. The fourth-order valence-corrected chi connectivity index (χ4v) is 0. The number of rotatable bonds is 0. The van der Waals surface area contributed by atoms with Crippen molar-refractivity contribution in [3.8, 4) is 0 Å². The summed E-state index contributed by atoms with van der Waals surface area (Å²) >= 11 is 0. The molecule has 0 aromatic rings. The first kappa shape index (κ1) is 40.6. The van der Waals surface area contributed by atoms with Crippen molar-refractivity contribution in [3.05, 3.63) is 0 Å². The van der Waals surface area contributed by atoms with E-state index in [9.17, 15) is 0 Å². The van der Waals surface area contributed by atoms with E-state index in [1.165, 1.54) is 0 Å². The Morgan fingerprint density at radius 2 is 1.00 bits per heavy atom. The Labute approximate surface area is 100 Å². The molecule has 0 nitrogen and oxygen atoms in total. The van der Waals surface area contributed by atoms with Gasteiger partial charge in [0.2, 0.25) is 0 Å². The Morgan fingerprint density at radius 3 is 1.00 bits per heavy atom. The Morgan fingerprint density at radius 1 is 1.00 bits per heavy atom. The van der Waals surface area contributed by atoms with Crippen LogP contribution < -0.4 is 0 Å². The van der Waals surface area contributed by atoms with Crippen molar-refractivity contribution in [2.45, 2.75) is 0 Å². The second-order valence-electron chi connectivity index (χ2n) is 0. The minimum atomic E-state index is 0. The van der Waals surface area contributed by atoms with Crippen molar-refractivity contribution < 1.29 is 78.4 Å². The molecule has 0 spiro atoms. The standard InChI is InChI=1S/Ir.Mn.Ru.Sn.Ti.2H. The molecule has 0 unspecified atom stereocenters. The first-order chi connectivity index (χ1) is 0. The van der Waals surface area contributed by atoms with Crippen molar-refractivity contribution >= 4 is 23.9 Å². The zero-order valence-electron chi connectivity index (χ0n) is 2.27. The van der Waals surface area contributed by atoms with E-state index < -0.39 is 0 Å². The summed E-state index contributed by atoms with van der Waals surface area (Å²) < 4.78 is 0.